The summed E-state index contributed by atoms with van der Waals surface area (Å²) < 4.78 is 19.3. The molecular weight excluding hydrogens is 360 g/mol. The van der Waals surface area contributed by atoms with Gasteiger partial charge < -0.3 is 4.98 Å². The molecule has 4 rings (SSSR count). The Bertz CT molecular complexity index is 1130. The van der Waals surface area contributed by atoms with E-state index < -0.39 is 11.6 Å². The number of halogens is 3. The molecule has 0 saturated heterocycles. The zero-order valence-corrected chi connectivity index (χ0v) is 13.1. The highest BCUT2D eigenvalue weighted by atomic mass is 35.5. The van der Waals surface area contributed by atoms with Gasteiger partial charge in [-0.05, 0) is 35.9 Å². The van der Waals surface area contributed by atoms with Crippen molar-refractivity contribution < 1.29 is 8.91 Å². The lowest BCUT2D eigenvalue weighted by Gasteiger charge is -2.06. The second-order valence-corrected chi connectivity index (χ2v) is 5.56. The lowest BCUT2D eigenvalue weighted by molar-refractivity contribution is 0.383. The van der Waals surface area contributed by atoms with Crippen molar-refractivity contribution in [3.05, 3.63) is 57.1 Å². The third kappa shape index (κ3) is 2.27. The van der Waals surface area contributed by atoms with Gasteiger partial charge in [-0.15, -0.1) is 0 Å². The van der Waals surface area contributed by atoms with Crippen molar-refractivity contribution in [2.24, 2.45) is 0 Å². The molecule has 0 amide bonds. The number of aromatic nitrogens is 5. The van der Waals surface area contributed by atoms with Crippen LogP contribution in [0.4, 0.5) is 4.39 Å². The molecule has 7 nitrogen and oxygen atoms in total. The van der Waals surface area contributed by atoms with Crippen LogP contribution in [0.2, 0.25) is 10.3 Å². The van der Waals surface area contributed by atoms with E-state index in [9.17, 15) is 9.18 Å². The lowest BCUT2D eigenvalue weighted by atomic mass is 10.2. The van der Waals surface area contributed by atoms with Gasteiger partial charge >= 0.3 is 5.76 Å². The fourth-order valence-corrected chi connectivity index (χ4v) is 2.69. The van der Waals surface area contributed by atoms with Gasteiger partial charge in [0.05, 0.1) is 21.8 Å². The first kappa shape index (κ1) is 14.9. The van der Waals surface area contributed by atoms with Crippen molar-refractivity contribution in [2.45, 2.75) is 0 Å². The molecule has 24 heavy (non-hydrogen) atoms. The van der Waals surface area contributed by atoms with E-state index in [4.69, 9.17) is 27.7 Å². The fourth-order valence-electron chi connectivity index (χ4n) is 2.34. The molecule has 3 aromatic heterocycles. The molecule has 0 bridgehead atoms. The van der Waals surface area contributed by atoms with Gasteiger partial charge in [0.1, 0.15) is 5.82 Å². The van der Waals surface area contributed by atoms with E-state index in [-0.39, 0.29) is 16.1 Å². The first-order valence-corrected chi connectivity index (χ1v) is 7.35. The molecule has 120 valence electrons. The fraction of sp³-hybridized carbons (Fsp3) is 0. The van der Waals surface area contributed by atoms with Crippen LogP contribution in [0.25, 0.3) is 28.2 Å². The van der Waals surface area contributed by atoms with Gasteiger partial charge in [0, 0.05) is 6.20 Å². The third-order valence-electron chi connectivity index (χ3n) is 3.37. The van der Waals surface area contributed by atoms with Crippen LogP contribution < -0.4 is 5.76 Å². The van der Waals surface area contributed by atoms with E-state index in [0.717, 1.165) is 10.6 Å². The highest BCUT2D eigenvalue weighted by molar-refractivity contribution is 6.31. The van der Waals surface area contributed by atoms with E-state index in [1.54, 1.807) is 6.07 Å². The average Bonchev–Trinajstić information content (AvgIpc) is 3.11. The van der Waals surface area contributed by atoms with E-state index in [1.807, 2.05) is 0 Å². The first-order valence-electron chi connectivity index (χ1n) is 6.59. The molecule has 1 N–H and O–H groups in total. The standard InChI is InChI=1S/C14H6Cl2FN5O2/c15-8-5-6(1-2-9(8)17)22-12(21-24-14(22)23)7-3-4-18-11-10(7)19-13(16)20-11/h1-5H,(H,18,19,20). The smallest absolute Gasteiger partial charge is 0.327 e. The van der Waals surface area contributed by atoms with Crippen LogP contribution in [0, 0.1) is 5.82 Å². The predicted octanol–water partition coefficient (Wildman–Crippen LogP) is 3.21. The summed E-state index contributed by atoms with van der Waals surface area (Å²) in [6, 6.07) is 5.46. The first-order chi connectivity index (χ1) is 11.5. The Labute approximate surface area is 142 Å². The summed E-state index contributed by atoms with van der Waals surface area (Å²) in [4.78, 5) is 23.0. The minimum absolute atomic E-state index is 0.129. The monoisotopic (exact) mass is 365 g/mol. The van der Waals surface area contributed by atoms with Crippen LogP contribution in [0.3, 0.4) is 0 Å². The molecule has 0 spiro atoms. The van der Waals surface area contributed by atoms with Crippen molar-refractivity contribution in [2.75, 3.05) is 0 Å². The van der Waals surface area contributed by atoms with Gasteiger partial charge in [0.15, 0.2) is 11.5 Å². The van der Waals surface area contributed by atoms with Crippen molar-refractivity contribution in [1.82, 2.24) is 24.7 Å². The minimum atomic E-state index is -0.747. The summed E-state index contributed by atoms with van der Waals surface area (Å²) in [7, 11) is 0. The molecule has 0 saturated carbocycles. The van der Waals surface area contributed by atoms with Gasteiger partial charge in [-0.25, -0.2) is 18.7 Å². The van der Waals surface area contributed by atoms with E-state index in [2.05, 4.69) is 20.1 Å². The second kappa shape index (κ2) is 5.43. The number of fused-ring (bicyclic) bond motifs is 1. The van der Waals surface area contributed by atoms with E-state index in [0.29, 0.717) is 22.4 Å². The SMILES string of the molecule is O=c1onc(-c2ccnc3nc(Cl)[nH]c23)n1-c1ccc(F)c(Cl)c1. The second-order valence-electron chi connectivity index (χ2n) is 4.79. The summed E-state index contributed by atoms with van der Waals surface area (Å²) in [5.41, 5.74) is 1.64. The third-order valence-corrected chi connectivity index (χ3v) is 3.84. The summed E-state index contributed by atoms with van der Waals surface area (Å²) in [5, 5.41) is 3.81. The van der Waals surface area contributed by atoms with Gasteiger partial charge in [-0.2, -0.15) is 4.98 Å². The topological polar surface area (TPSA) is 89.6 Å². The van der Waals surface area contributed by atoms with Gasteiger partial charge in [0.25, 0.3) is 0 Å². The van der Waals surface area contributed by atoms with Crippen LogP contribution in [0.5, 0.6) is 0 Å². The number of imidazole rings is 1. The van der Waals surface area contributed by atoms with Crippen molar-refractivity contribution in [3.63, 3.8) is 0 Å². The Morgan fingerprint density at radius 1 is 1.25 bits per heavy atom. The van der Waals surface area contributed by atoms with Crippen molar-refractivity contribution >= 4 is 34.4 Å². The number of hydrogen-bond acceptors (Lipinski definition) is 5. The highest BCUT2D eigenvalue weighted by Gasteiger charge is 2.19. The number of H-pyrrole nitrogens is 1. The maximum atomic E-state index is 13.4. The zero-order valence-electron chi connectivity index (χ0n) is 11.6. The van der Waals surface area contributed by atoms with E-state index in [1.165, 1.54) is 18.3 Å². The number of rotatable bonds is 2. The highest BCUT2D eigenvalue weighted by Crippen LogP contribution is 2.27. The maximum absolute atomic E-state index is 13.4. The Morgan fingerprint density at radius 3 is 2.88 bits per heavy atom. The molecule has 0 fully saturated rings. The van der Waals surface area contributed by atoms with Crippen molar-refractivity contribution in [1.29, 1.82) is 0 Å². The van der Waals surface area contributed by atoms with Crippen LogP contribution in [0.15, 0.2) is 39.8 Å². The van der Waals surface area contributed by atoms with E-state index >= 15 is 0 Å². The molecule has 3 heterocycles. The zero-order chi connectivity index (χ0) is 16.8. The molecule has 4 aromatic rings. The summed E-state index contributed by atoms with van der Waals surface area (Å²) in [6.45, 7) is 0. The Hall–Kier alpha value is -2.71. The summed E-state index contributed by atoms with van der Waals surface area (Å²) in [6.07, 6.45) is 1.50. The molecule has 0 aliphatic rings. The molecule has 0 radical (unpaired) electrons. The number of hydrogen-bond donors (Lipinski definition) is 1. The lowest BCUT2D eigenvalue weighted by Crippen LogP contribution is -2.13. The number of nitrogens with one attached hydrogen (secondary N) is 1. The number of pyridine rings is 1. The summed E-state index contributed by atoms with van der Waals surface area (Å²) in [5.74, 6) is -1.17. The number of benzene rings is 1. The van der Waals surface area contributed by atoms with Crippen LogP contribution >= 0.6 is 23.2 Å². The average molecular weight is 366 g/mol. The molecule has 0 aliphatic heterocycles. The predicted molar refractivity (Wildman–Crippen MR) is 85.0 cm³/mol. The normalized spacial score (nSPS) is 11.3. The molecule has 1 aromatic carbocycles. The van der Waals surface area contributed by atoms with Gasteiger partial charge in [0.2, 0.25) is 5.28 Å². The Kier molecular flexibility index (Phi) is 3.36. The van der Waals surface area contributed by atoms with Crippen LogP contribution in [-0.4, -0.2) is 24.7 Å². The minimum Gasteiger partial charge on any atom is -0.327 e. The van der Waals surface area contributed by atoms with Gasteiger partial charge in [-0.3, -0.25) is 4.52 Å². The number of nitrogens with zero attached hydrogens (tertiary/aromatic N) is 4. The Balaban J connectivity index is 2.00. The van der Waals surface area contributed by atoms with Crippen molar-refractivity contribution in [3.8, 4) is 17.1 Å². The largest absolute Gasteiger partial charge is 0.446 e. The molecule has 10 heteroatoms. The quantitative estimate of drug-likeness (QED) is 0.588. The molecule has 0 atom stereocenters. The molecular formula is C14H6Cl2FN5O2. The van der Waals surface area contributed by atoms with Crippen LogP contribution in [0.1, 0.15) is 0 Å². The molecule has 0 unspecified atom stereocenters. The molecule has 0 aliphatic carbocycles. The van der Waals surface area contributed by atoms with Gasteiger partial charge in [-0.1, -0.05) is 16.8 Å². The number of aromatic amines is 1. The summed E-state index contributed by atoms with van der Waals surface area (Å²) >= 11 is 11.7. The van der Waals surface area contributed by atoms with Crippen LogP contribution in [-0.2, 0) is 0 Å². The Morgan fingerprint density at radius 2 is 2.08 bits per heavy atom. The maximum Gasteiger partial charge on any atom is 0.446 e.